The highest BCUT2D eigenvalue weighted by atomic mass is 19.1. The number of ether oxygens (including phenoxy) is 1. The lowest BCUT2D eigenvalue weighted by Crippen LogP contribution is -2.29. The number of furan rings is 1. The van der Waals surface area contributed by atoms with Gasteiger partial charge in [0.25, 0.3) is 11.7 Å². The molecule has 0 aliphatic carbocycles. The number of amides is 1. The molecule has 1 aliphatic heterocycles. The van der Waals surface area contributed by atoms with Crippen LogP contribution in [0.1, 0.15) is 35.6 Å². The molecule has 1 saturated heterocycles. The molecule has 4 rings (SSSR count). The van der Waals surface area contributed by atoms with Crippen molar-refractivity contribution in [2.45, 2.75) is 26.4 Å². The maximum absolute atomic E-state index is 13.3. The smallest absolute Gasteiger partial charge is 0.296 e. The van der Waals surface area contributed by atoms with Crippen LogP contribution in [0.4, 0.5) is 4.39 Å². The number of carbonyl (C=O) groups excluding carboxylic acids is 2. The normalized spacial score (nSPS) is 17.7. The van der Waals surface area contributed by atoms with Crippen molar-refractivity contribution in [1.82, 2.24) is 4.90 Å². The highest BCUT2D eigenvalue weighted by Gasteiger charge is 2.47. The molecule has 1 fully saturated rings. The molecule has 0 saturated carbocycles. The van der Waals surface area contributed by atoms with Crippen molar-refractivity contribution in [3.63, 3.8) is 0 Å². The van der Waals surface area contributed by atoms with Gasteiger partial charge < -0.3 is 19.2 Å². The molecular formula is C25H22FNO5. The van der Waals surface area contributed by atoms with Crippen LogP contribution in [0.25, 0.3) is 5.76 Å². The number of aliphatic hydroxyl groups excluding tert-OH is 1. The van der Waals surface area contributed by atoms with Crippen molar-refractivity contribution in [2.75, 3.05) is 6.61 Å². The largest absolute Gasteiger partial charge is 0.507 e. The van der Waals surface area contributed by atoms with Gasteiger partial charge in [-0.3, -0.25) is 9.59 Å². The van der Waals surface area contributed by atoms with Crippen molar-refractivity contribution < 1.29 is 28.2 Å². The molecule has 3 aromatic rings. The number of aryl methyl sites for hydroxylation is 1. The van der Waals surface area contributed by atoms with E-state index in [1.807, 2.05) is 6.92 Å². The summed E-state index contributed by atoms with van der Waals surface area (Å²) in [7, 11) is 0. The standard InChI is InChI=1S/C25H22FNO5/c1-3-31-19-11-7-17(8-12-19)23(28)21-22(20-13-4-15(2)32-20)27(25(30)24(21)29)14-16-5-9-18(26)10-6-16/h4-13,22,28H,3,14H2,1-2H3/b23-21-. The average Bonchev–Trinajstić information content (AvgIpc) is 3.32. The quantitative estimate of drug-likeness (QED) is 0.343. The van der Waals surface area contributed by atoms with Crippen molar-refractivity contribution in [3.05, 3.63) is 94.7 Å². The van der Waals surface area contributed by atoms with Gasteiger partial charge >= 0.3 is 0 Å². The minimum Gasteiger partial charge on any atom is -0.507 e. The molecule has 1 atom stereocenters. The molecule has 0 spiro atoms. The topological polar surface area (TPSA) is 80.0 Å². The fourth-order valence-corrected chi connectivity index (χ4v) is 3.76. The van der Waals surface area contributed by atoms with Crippen LogP contribution in [-0.2, 0) is 16.1 Å². The van der Waals surface area contributed by atoms with E-state index in [0.717, 1.165) is 0 Å². The number of hydrogen-bond acceptors (Lipinski definition) is 5. The van der Waals surface area contributed by atoms with Gasteiger partial charge in [-0.15, -0.1) is 0 Å². The molecule has 1 unspecified atom stereocenters. The second-order valence-electron chi connectivity index (χ2n) is 7.46. The van der Waals surface area contributed by atoms with E-state index >= 15 is 0 Å². The third-order valence-corrected chi connectivity index (χ3v) is 5.28. The lowest BCUT2D eigenvalue weighted by molar-refractivity contribution is -0.140. The van der Waals surface area contributed by atoms with Crippen LogP contribution in [0.5, 0.6) is 5.75 Å². The van der Waals surface area contributed by atoms with Crippen molar-refractivity contribution >= 4 is 17.4 Å². The van der Waals surface area contributed by atoms with Crippen LogP contribution in [-0.4, -0.2) is 28.3 Å². The van der Waals surface area contributed by atoms with Gasteiger partial charge in [0, 0.05) is 12.1 Å². The first-order valence-electron chi connectivity index (χ1n) is 10.2. The first-order valence-corrected chi connectivity index (χ1v) is 10.2. The number of Topliss-reactive ketones (excluding diaryl/α,β-unsaturated/α-hetero) is 1. The average molecular weight is 435 g/mol. The molecule has 7 heteroatoms. The van der Waals surface area contributed by atoms with Gasteiger partial charge in [-0.25, -0.2) is 4.39 Å². The number of rotatable bonds is 6. The molecule has 164 valence electrons. The van der Waals surface area contributed by atoms with E-state index in [-0.39, 0.29) is 17.9 Å². The highest BCUT2D eigenvalue weighted by molar-refractivity contribution is 6.46. The first kappa shape index (κ1) is 21.4. The second-order valence-corrected chi connectivity index (χ2v) is 7.46. The maximum Gasteiger partial charge on any atom is 0.296 e. The van der Waals surface area contributed by atoms with Crippen LogP contribution in [0.15, 0.2) is 70.7 Å². The minimum absolute atomic E-state index is 0.0509. The van der Waals surface area contributed by atoms with E-state index in [9.17, 15) is 19.1 Å². The van der Waals surface area contributed by atoms with Crippen molar-refractivity contribution in [3.8, 4) is 5.75 Å². The molecule has 2 aromatic carbocycles. The summed E-state index contributed by atoms with van der Waals surface area (Å²) in [4.78, 5) is 27.3. The monoisotopic (exact) mass is 435 g/mol. The molecule has 1 aromatic heterocycles. The Balaban J connectivity index is 1.79. The van der Waals surface area contributed by atoms with E-state index < -0.39 is 23.5 Å². The number of carbonyl (C=O) groups is 2. The van der Waals surface area contributed by atoms with Crippen LogP contribution in [0, 0.1) is 12.7 Å². The highest BCUT2D eigenvalue weighted by Crippen LogP contribution is 2.41. The Morgan fingerprint density at radius 2 is 1.75 bits per heavy atom. The SMILES string of the molecule is CCOc1ccc(/C(O)=C2/C(=O)C(=O)N(Cc3ccc(F)cc3)C2c2ccc(C)o2)cc1. The lowest BCUT2D eigenvalue weighted by Gasteiger charge is -2.23. The van der Waals surface area contributed by atoms with E-state index in [2.05, 4.69) is 0 Å². The van der Waals surface area contributed by atoms with E-state index in [0.29, 0.717) is 35.0 Å². The summed E-state index contributed by atoms with van der Waals surface area (Å²) in [5, 5.41) is 11.0. The van der Waals surface area contributed by atoms with E-state index in [1.165, 1.54) is 17.0 Å². The van der Waals surface area contributed by atoms with Crippen LogP contribution >= 0.6 is 0 Å². The number of likely N-dealkylation sites (tertiary alicyclic amines) is 1. The van der Waals surface area contributed by atoms with Crippen LogP contribution in [0.2, 0.25) is 0 Å². The molecule has 2 heterocycles. The third-order valence-electron chi connectivity index (χ3n) is 5.28. The molecule has 0 bridgehead atoms. The molecule has 6 nitrogen and oxygen atoms in total. The Morgan fingerprint density at radius 3 is 2.34 bits per heavy atom. The number of ketones is 1. The van der Waals surface area contributed by atoms with Gasteiger partial charge in [-0.1, -0.05) is 12.1 Å². The predicted molar refractivity (Wildman–Crippen MR) is 115 cm³/mol. The van der Waals surface area contributed by atoms with Crippen molar-refractivity contribution in [2.24, 2.45) is 0 Å². The Labute approximate surface area is 184 Å². The molecule has 32 heavy (non-hydrogen) atoms. The van der Waals surface area contributed by atoms with Gasteiger partial charge in [0.1, 0.15) is 34.9 Å². The Bertz CT molecular complexity index is 1180. The molecule has 1 N–H and O–H groups in total. The molecule has 0 radical (unpaired) electrons. The minimum atomic E-state index is -0.916. The predicted octanol–water partition coefficient (Wildman–Crippen LogP) is 4.75. The van der Waals surface area contributed by atoms with Gasteiger partial charge in [0.2, 0.25) is 0 Å². The fraction of sp³-hybridized carbons (Fsp3) is 0.200. The second kappa shape index (κ2) is 8.70. The van der Waals surface area contributed by atoms with E-state index in [4.69, 9.17) is 9.15 Å². The molecular weight excluding hydrogens is 413 g/mol. The summed E-state index contributed by atoms with van der Waals surface area (Å²) in [5.41, 5.74) is 0.958. The fourth-order valence-electron chi connectivity index (χ4n) is 3.76. The van der Waals surface area contributed by atoms with E-state index in [1.54, 1.807) is 55.5 Å². The molecule has 1 amide bonds. The number of nitrogens with zero attached hydrogens (tertiary/aromatic N) is 1. The Kier molecular flexibility index (Phi) is 5.81. The summed E-state index contributed by atoms with van der Waals surface area (Å²) in [6.45, 7) is 4.16. The molecule has 1 aliphatic rings. The van der Waals surface area contributed by atoms with Crippen LogP contribution in [0.3, 0.4) is 0 Å². The maximum atomic E-state index is 13.3. The summed E-state index contributed by atoms with van der Waals surface area (Å²) in [6, 6.07) is 14.8. The Morgan fingerprint density at radius 1 is 1.06 bits per heavy atom. The van der Waals surface area contributed by atoms with Crippen molar-refractivity contribution in [1.29, 1.82) is 0 Å². The first-order chi connectivity index (χ1) is 15.4. The summed E-state index contributed by atoms with van der Waals surface area (Å²) in [5.74, 6) is -0.682. The Hall–Kier alpha value is -3.87. The number of hydrogen-bond donors (Lipinski definition) is 1. The summed E-state index contributed by atoms with van der Waals surface area (Å²) in [6.07, 6.45) is 0. The van der Waals surface area contributed by atoms with Gasteiger partial charge in [0.05, 0.1) is 12.2 Å². The zero-order valence-electron chi connectivity index (χ0n) is 17.7. The van der Waals surface area contributed by atoms with Gasteiger partial charge in [-0.2, -0.15) is 0 Å². The summed E-state index contributed by atoms with van der Waals surface area (Å²) < 4.78 is 24.5. The number of halogens is 1. The lowest BCUT2D eigenvalue weighted by atomic mass is 9.99. The zero-order valence-corrected chi connectivity index (χ0v) is 17.7. The summed E-state index contributed by atoms with van der Waals surface area (Å²) >= 11 is 0. The number of aliphatic hydroxyl groups is 1. The van der Waals surface area contributed by atoms with Gasteiger partial charge in [0.15, 0.2) is 0 Å². The van der Waals surface area contributed by atoms with Gasteiger partial charge in [-0.05, 0) is 67.9 Å². The zero-order chi connectivity index (χ0) is 22.8. The number of benzene rings is 2. The third kappa shape index (κ3) is 4.01. The van der Waals surface area contributed by atoms with Crippen LogP contribution < -0.4 is 4.74 Å².